The molecule has 1 heterocycles. The van der Waals surface area contributed by atoms with Crippen LogP contribution in [0.5, 0.6) is 0 Å². The molecule has 2 N–H and O–H groups in total. The lowest BCUT2D eigenvalue weighted by Crippen LogP contribution is -2.30. The summed E-state index contributed by atoms with van der Waals surface area (Å²) in [4.78, 5) is 3.88. The summed E-state index contributed by atoms with van der Waals surface area (Å²) in [6.07, 6.45) is 4.89. The molecule has 2 aromatic rings. The van der Waals surface area contributed by atoms with Crippen molar-refractivity contribution in [1.29, 1.82) is 5.26 Å². The van der Waals surface area contributed by atoms with E-state index < -0.39 is 7.12 Å². The van der Waals surface area contributed by atoms with E-state index in [1.165, 1.54) is 6.07 Å². The Morgan fingerprint density at radius 2 is 2.12 bits per heavy atom. The van der Waals surface area contributed by atoms with E-state index >= 15 is 0 Å². The molecule has 6 heteroatoms. The zero-order chi connectivity index (χ0) is 11.5. The maximum absolute atomic E-state index is 9.09. The summed E-state index contributed by atoms with van der Waals surface area (Å²) in [6.45, 7) is 0. The van der Waals surface area contributed by atoms with E-state index in [9.17, 15) is 0 Å². The van der Waals surface area contributed by atoms with Gasteiger partial charge >= 0.3 is 7.12 Å². The SMILES string of the molecule is N#Cc1cc(B(O)O)cc(-n2ccnc2)c1. The summed E-state index contributed by atoms with van der Waals surface area (Å²) in [7, 11) is -1.59. The topological polar surface area (TPSA) is 82.1 Å². The van der Waals surface area contributed by atoms with Crippen molar-refractivity contribution in [3.05, 3.63) is 42.5 Å². The molecule has 0 atom stereocenters. The second-order valence-electron chi connectivity index (χ2n) is 3.27. The molecule has 0 bridgehead atoms. The van der Waals surface area contributed by atoms with Crippen molar-refractivity contribution in [1.82, 2.24) is 9.55 Å². The van der Waals surface area contributed by atoms with Gasteiger partial charge in [0.2, 0.25) is 0 Å². The smallest absolute Gasteiger partial charge is 0.423 e. The molecule has 0 aliphatic heterocycles. The Labute approximate surface area is 92.4 Å². The number of nitrogens with zero attached hydrogens (tertiary/aromatic N) is 3. The van der Waals surface area contributed by atoms with Gasteiger partial charge in [0.05, 0.1) is 18.0 Å². The van der Waals surface area contributed by atoms with Crippen molar-refractivity contribution in [2.24, 2.45) is 0 Å². The first-order valence-corrected chi connectivity index (χ1v) is 4.60. The third-order valence-corrected chi connectivity index (χ3v) is 2.17. The van der Waals surface area contributed by atoms with Crippen molar-refractivity contribution in [2.45, 2.75) is 0 Å². The minimum Gasteiger partial charge on any atom is -0.423 e. The minimum absolute atomic E-state index is 0.280. The highest BCUT2D eigenvalue weighted by molar-refractivity contribution is 6.58. The maximum atomic E-state index is 9.09. The summed E-state index contributed by atoms with van der Waals surface area (Å²) < 4.78 is 1.69. The molecule has 1 aromatic heterocycles. The Morgan fingerprint density at radius 1 is 1.31 bits per heavy atom. The highest BCUT2D eigenvalue weighted by Crippen LogP contribution is 2.08. The van der Waals surface area contributed by atoms with Crippen LogP contribution >= 0.6 is 0 Å². The molecule has 16 heavy (non-hydrogen) atoms. The molecule has 0 radical (unpaired) electrons. The third-order valence-electron chi connectivity index (χ3n) is 2.17. The molecule has 0 saturated carbocycles. The fraction of sp³-hybridized carbons (Fsp3) is 0. The highest BCUT2D eigenvalue weighted by atomic mass is 16.4. The second kappa shape index (κ2) is 4.19. The van der Waals surface area contributed by atoms with E-state index in [1.54, 1.807) is 35.4 Å². The van der Waals surface area contributed by atoms with Gasteiger partial charge in [-0.1, -0.05) is 0 Å². The van der Waals surface area contributed by atoms with Gasteiger partial charge in [0.1, 0.15) is 0 Å². The predicted molar refractivity (Wildman–Crippen MR) is 58.1 cm³/mol. The van der Waals surface area contributed by atoms with Crippen LogP contribution in [0.25, 0.3) is 5.69 Å². The second-order valence-corrected chi connectivity index (χ2v) is 3.27. The molecular weight excluding hydrogens is 205 g/mol. The predicted octanol–water partition coefficient (Wildman–Crippen LogP) is -0.576. The van der Waals surface area contributed by atoms with Gasteiger partial charge in [-0.25, -0.2) is 4.98 Å². The summed E-state index contributed by atoms with van der Waals surface area (Å²) in [6, 6.07) is 6.64. The van der Waals surface area contributed by atoms with Crippen LogP contribution in [-0.4, -0.2) is 26.7 Å². The van der Waals surface area contributed by atoms with E-state index in [0.29, 0.717) is 11.3 Å². The molecule has 5 nitrogen and oxygen atoms in total. The van der Waals surface area contributed by atoms with Gasteiger partial charge in [-0.15, -0.1) is 0 Å². The monoisotopic (exact) mass is 213 g/mol. The number of hydrogen-bond donors (Lipinski definition) is 2. The number of hydrogen-bond acceptors (Lipinski definition) is 4. The highest BCUT2D eigenvalue weighted by Gasteiger charge is 2.13. The van der Waals surface area contributed by atoms with Crippen LogP contribution < -0.4 is 5.46 Å². The van der Waals surface area contributed by atoms with Gasteiger partial charge in [-0.2, -0.15) is 5.26 Å². The molecule has 0 unspecified atom stereocenters. The molecule has 78 valence electrons. The number of aromatic nitrogens is 2. The van der Waals surface area contributed by atoms with Crippen LogP contribution in [0.1, 0.15) is 5.56 Å². The van der Waals surface area contributed by atoms with Crippen LogP contribution in [0.3, 0.4) is 0 Å². The van der Waals surface area contributed by atoms with Crippen molar-refractivity contribution in [2.75, 3.05) is 0 Å². The van der Waals surface area contributed by atoms with Crippen molar-refractivity contribution in [3.63, 3.8) is 0 Å². The fourth-order valence-corrected chi connectivity index (χ4v) is 1.41. The largest absolute Gasteiger partial charge is 0.488 e. The van der Waals surface area contributed by atoms with Crippen LogP contribution in [0, 0.1) is 11.3 Å². The number of rotatable bonds is 2. The molecule has 0 aliphatic carbocycles. The first-order chi connectivity index (χ1) is 7.70. The zero-order valence-electron chi connectivity index (χ0n) is 8.28. The van der Waals surface area contributed by atoms with Gasteiger partial charge in [-0.05, 0) is 23.7 Å². The maximum Gasteiger partial charge on any atom is 0.488 e. The summed E-state index contributed by atoms with van der Waals surface area (Å²) in [5.74, 6) is 0. The number of benzene rings is 1. The average molecular weight is 213 g/mol. The summed E-state index contributed by atoms with van der Waals surface area (Å²) in [5.41, 5.74) is 1.32. The van der Waals surface area contributed by atoms with Crippen LogP contribution in [0.15, 0.2) is 36.9 Å². The average Bonchev–Trinajstić information content (AvgIpc) is 2.81. The van der Waals surface area contributed by atoms with Gasteiger partial charge in [0.25, 0.3) is 0 Å². The Bertz CT molecular complexity index is 531. The Morgan fingerprint density at radius 3 is 2.69 bits per heavy atom. The molecule has 0 fully saturated rings. The molecule has 0 spiro atoms. The Hall–Kier alpha value is -2.10. The molecule has 0 aliphatic rings. The van der Waals surface area contributed by atoms with Crippen molar-refractivity contribution < 1.29 is 10.0 Å². The lowest BCUT2D eigenvalue weighted by molar-refractivity contribution is 0.425. The number of imidazole rings is 1. The summed E-state index contributed by atoms with van der Waals surface area (Å²) >= 11 is 0. The van der Waals surface area contributed by atoms with Crippen molar-refractivity contribution in [3.8, 4) is 11.8 Å². The summed E-state index contributed by atoms with van der Waals surface area (Å²) in [5, 5.41) is 27.0. The van der Waals surface area contributed by atoms with Crippen LogP contribution in [0.2, 0.25) is 0 Å². The lowest BCUT2D eigenvalue weighted by atomic mass is 9.79. The normalized spacial score (nSPS) is 9.81. The molecular formula is C10H8BN3O2. The van der Waals surface area contributed by atoms with Gasteiger partial charge in [0.15, 0.2) is 0 Å². The van der Waals surface area contributed by atoms with Gasteiger partial charge in [-0.3, -0.25) is 0 Å². The standard InChI is InChI=1S/C10H8BN3O2/c12-6-8-3-9(11(15)16)5-10(4-8)14-2-1-13-7-14/h1-5,7,15-16H. The van der Waals surface area contributed by atoms with E-state index in [-0.39, 0.29) is 5.46 Å². The molecule has 0 amide bonds. The fourth-order valence-electron chi connectivity index (χ4n) is 1.41. The molecule has 1 aromatic carbocycles. The minimum atomic E-state index is -1.59. The van der Waals surface area contributed by atoms with Crippen LogP contribution in [-0.2, 0) is 0 Å². The quantitative estimate of drug-likeness (QED) is 0.654. The van der Waals surface area contributed by atoms with E-state index in [1.807, 2.05) is 6.07 Å². The van der Waals surface area contributed by atoms with E-state index in [2.05, 4.69) is 4.98 Å². The lowest BCUT2D eigenvalue weighted by Gasteiger charge is -2.06. The van der Waals surface area contributed by atoms with Gasteiger partial charge in [0, 0.05) is 18.1 Å². The third kappa shape index (κ3) is 1.96. The van der Waals surface area contributed by atoms with Gasteiger partial charge < -0.3 is 14.6 Å². The molecule has 2 rings (SSSR count). The van der Waals surface area contributed by atoms with E-state index in [0.717, 1.165) is 0 Å². The van der Waals surface area contributed by atoms with Crippen LogP contribution in [0.4, 0.5) is 0 Å². The first-order valence-electron chi connectivity index (χ1n) is 4.60. The Balaban J connectivity index is 2.55. The molecule has 0 saturated heterocycles. The first kappa shape index (κ1) is 10.4. The number of nitriles is 1. The Kier molecular flexibility index (Phi) is 2.73. The zero-order valence-corrected chi connectivity index (χ0v) is 8.28. The van der Waals surface area contributed by atoms with Crippen molar-refractivity contribution >= 4 is 12.6 Å². The van der Waals surface area contributed by atoms with E-state index in [4.69, 9.17) is 15.3 Å².